The molecule has 0 radical (unpaired) electrons. The van der Waals surface area contributed by atoms with Crippen LogP contribution in [0.4, 0.5) is 0 Å². The monoisotopic (exact) mass is 542 g/mol. The van der Waals surface area contributed by atoms with Crippen LogP contribution in [0.2, 0.25) is 0 Å². The zero-order valence-corrected chi connectivity index (χ0v) is 23.9. The summed E-state index contributed by atoms with van der Waals surface area (Å²) in [7, 11) is -3.39. The molecule has 9 heteroatoms. The number of rotatable bonds is 18. The normalized spacial score (nSPS) is 15.3. The van der Waals surface area contributed by atoms with Crippen molar-refractivity contribution in [3.8, 4) is 0 Å². The summed E-state index contributed by atoms with van der Waals surface area (Å²) in [6.45, 7) is 3.64. The molecule has 0 N–H and O–H groups in total. The topological polar surface area (TPSA) is 59.1 Å². The van der Waals surface area contributed by atoms with Gasteiger partial charge >= 0.3 is 0 Å². The number of hydrogen-bond acceptors (Lipinski definition) is 4. The fourth-order valence-electron chi connectivity index (χ4n) is 3.55. The van der Waals surface area contributed by atoms with Gasteiger partial charge in [-0.05, 0) is 44.5 Å². The zero-order valence-electron chi connectivity index (χ0n) is 21.4. The van der Waals surface area contributed by atoms with Crippen molar-refractivity contribution in [2.24, 2.45) is 0 Å². The van der Waals surface area contributed by atoms with E-state index >= 15 is 0 Å². The number of benzene rings is 2. The maximum Gasteiger partial charge on any atom is 0.283 e. The first-order valence-corrected chi connectivity index (χ1v) is 16.4. The predicted molar refractivity (Wildman–Crippen MR) is 147 cm³/mol. The van der Waals surface area contributed by atoms with Crippen LogP contribution in [0.1, 0.15) is 50.2 Å². The van der Waals surface area contributed by atoms with E-state index in [4.69, 9.17) is 20.6 Å². The molecule has 0 aliphatic carbocycles. The van der Waals surface area contributed by atoms with Gasteiger partial charge in [-0.2, -0.15) is 0 Å². The van der Waals surface area contributed by atoms with Crippen molar-refractivity contribution in [2.45, 2.75) is 52.2 Å². The Labute approximate surface area is 217 Å². The molecule has 0 bridgehead atoms. The van der Waals surface area contributed by atoms with Crippen molar-refractivity contribution in [3.05, 3.63) is 71.8 Å². The molecule has 0 fully saturated rings. The van der Waals surface area contributed by atoms with Crippen molar-refractivity contribution >= 4 is 26.6 Å². The van der Waals surface area contributed by atoms with Crippen molar-refractivity contribution in [3.63, 3.8) is 0 Å². The maximum atomic E-state index is 14.3. The highest BCUT2D eigenvalue weighted by Crippen LogP contribution is 2.66. The first-order chi connectivity index (χ1) is 16.8. The van der Waals surface area contributed by atoms with Crippen molar-refractivity contribution in [1.82, 2.24) is 9.34 Å². The van der Waals surface area contributed by atoms with Gasteiger partial charge in [0.05, 0.1) is 13.2 Å². The largest absolute Gasteiger partial charge is 0.312 e. The van der Waals surface area contributed by atoms with Crippen LogP contribution in [0, 0.1) is 0 Å². The van der Waals surface area contributed by atoms with Crippen LogP contribution in [-0.4, -0.2) is 48.3 Å². The molecule has 6 nitrogen and oxygen atoms in total. The molecule has 196 valence electrons. The highest BCUT2D eigenvalue weighted by Gasteiger charge is 2.42. The SMILES string of the molecule is CCCCCN(C)P(=O)(CP(=O)(OCc1ccccc1)N(C)CCCCCl)OCc1ccccc1. The molecule has 2 aromatic carbocycles. The van der Waals surface area contributed by atoms with Gasteiger partial charge in [0, 0.05) is 19.0 Å². The van der Waals surface area contributed by atoms with Gasteiger partial charge in [-0.15, -0.1) is 11.6 Å². The van der Waals surface area contributed by atoms with Crippen molar-refractivity contribution in [2.75, 3.05) is 39.0 Å². The minimum atomic E-state index is -3.49. The van der Waals surface area contributed by atoms with E-state index in [2.05, 4.69) is 6.92 Å². The van der Waals surface area contributed by atoms with Crippen LogP contribution in [-0.2, 0) is 31.4 Å². The quantitative estimate of drug-likeness (QED) is 0.109. The number of hydrogen-bond donors (Lipinski definition) is 0. The average molecular weight is 543 g/mol. The second-order valence-corrected chi connectivity index (χ2v) is 14.7. The molecule has 0 saturated heterocycles. The highest BCUT2D eigenvalue weighted by atomic mass is 35.5. The smallest absolute Gasteiger partial charge is 0.283 e. The van der Waals surface area contributed by atoms with E-state index in [1.807, 2.05) is 60.7 Å². The summed E-state index contributed by atoms with van der Waals surface area (Å²) >= 11 is 5.86. The molecule has 0 spiro atoms. The standard InChI is InChI=1S/C26H41ClN2O4P2/c1-4-5-13-20-28(2)34(30,32-22-25-15-8-6-9-16-25)24-35(31,29(3)21-14-12-19-27)33-23-26-17-10-7-11-18-26/h6-11,15-18H,4-5,12-14,19-24H2,1-3H3. The van der Waals surface area contributed by atoms with Crippen molar-refractivity contribution < 1.29 is 18.2 Å². The van der Waals surface area contributed by atoms with Gasteiger partial charge < -0.3 is 9.05 Å². The number of nitrogens with zero attached hydrogens (tertiary/aromatic N) is 2. The Morgan fingerprint density at radius 3 is 1.54 bits per heavy atom. The van der Waals surface area contributed by atoms with Crippen molar-refractivity contribution in [1.29, 1.82) is 0 Å². The van der Waals surface area contributed by atoms with Crippen LogP contribution in [0.15, 0.2) is 60.7 Å². The van der Waals surface area contributed by atoms with Gasteiger partial charge in [-0.3, -0.25) is 9.13 Å². The Morgan fingerprint density at radius 1 is 0.714 bits per heavy atom. The summed E-state index contributed by atoms with van der Waals surface area (Å²) < 4.78 is 44.4. The lowest BCUT2D eigenvalue weighted by Gasteiger charge is -2.34. The minimum Gasteiger partial charge on any atom is -0.312 e. The van der Waals surface area contributed by atoms with Crippen LogP contribution in [0.5, 0.6) is 0 Å². The van der Waals surface area contributed by atoms with Gasteiger partial charge in [0.1, 0.15) is 5.90 Å². The Kier molecular flexibility index (Phi) is 13.8. The molecule has 0 saturated carbocycles. The summed E-state index contributed by atoms with van der Waals surface area (Å²) in [4.78, 5) is 0. The molecule has 2 aromatic rings. The van der Waals surface area contributed by atoms with Gasteiger partial charge in [-0.25, -0.2) is 9.34 Å². The lowest BCUT2D eigenvalue weighted by Crippen LogP contribution is -2.25. The average Bonchev–Trinajstić information content (AvgIpc) is 2.87. The first kappa shape index (κ1) is 30.3. The van der Waals surface area contributed by atoms with E-state index in [1.165, 1.54) is 0 Å². The third-order valence-corrected chi connectivity index (χ3v) is 12.6. The van der Waals surface area contributed by atoms with Crippen LogP contribution in [0.3, 0.4) is 0 Å². The molecule has 35 heavy (non-hydrogen) atoms. The predicted octanol–water partition coefficient (Wildman–Crippen LogP) is 7.84. The molecule has 2 rings (SSSR count). The molecule has 2 atom stereocenters. The second-order valence-electron chi connectivity index (χ2n) is 8.80. The molecule has 0 aliphatic heterocycles. The van der Waals surface area contributed by atoms with E-state index < -0.39 is 15.0 Å². The summed E-state index contributed by atoms with van der Waals surface area (Å²) in [5.74, 6) is 0.377. The Balaban J connectivity index is 2.27. The molecular weight excluding hydrogens is 502 g/mol. The Bertz CT molecular complexity index is 858. The van der Waals surface area contributed by atoms with Crippen LogP contribution >= 0.6 is 26.6 Å². The maximum absolute atomic E-state index is 14.3. The van der Waals surface area contributed by atoms with Gasteiger partial charge in [0.15, 0.2) is 0 Å². The third-order valence-electron chi connectivity index (χ3n) is 5.90. The minimum absolute atomic E-state index is 0.167. The number of unbranched alkanes of at least 4 members (excludes halogenated alkanes) is 3. The van der Waals surface area contributed by atoms with E-state index in [-0.39, 0.29) is 19.1 Å². The summed E-state index contributed by atoms with van der Waals surface area (Å²) in [5, 5.41) is 0. The van der Waals surface area contributed by atoms with Crippen LogP contribution in [0.25, 0.3) is 0 Å². The second kappa shape index (κ2) is 16.0. The molecule has 0 heterocycles. The van der Waals surface area contributed by atoms with E-state index in [9.17, 15) is 9.13 Å². The number of halogens is 1. The van der Waals surface area contributed by atoms with Gasteiger partial charge in [0.2, 0.25) is 0 Å². The summed E-state index contributed by atoms with van der Waals surface area (Å²) in [5.41, 5.74) is 1.84. The molecule has 2 unspecified atom stereocenters. The fourth-order valence-corrected chi connectivity index (χ4v) is 9.91. The van der Waals surface area contributed by atoms with Gasteiger partial charge in [-0.1, -0.05) is 80.4 Å². The summed E-state index contributed by atoms with van der Waals surface area (Å²) in [6.07, 6.45) is 4.57. The third kappa shape index (κ3) is 10.5. The highest BCUT2D eigenvalue weighted by molar-refractivity contribution is 7.73. The molecule has 0 amide bonds. The van der Waals surface area contributed by atoms with Crippen LogP contribution < -0.4 is 0 Å². The lowest BCUT2D eigenvalue weighted by atomic mass is 10.2. The van der Waals surface area contributed by atoms with E-state index in [0.29, 0.717) is 19.0 Å². The first-order valence-electron chi connectivity index (χ1n) is 12.4. The Morgan fingerprint density at radius 2 is 1.14 bits per heavy atom. The zero-order chi connectivity index (χ0) is 25.6. The Hall–Kier alpha value is -0.970. The van der Waals surface area contributed by atoms with E-state index in [0.717, 1.165) is 43.2 Å². The van der Waals surface area contributed by atoms with Gasteiger partial charge in [0.25, 0.3) is 15.0 Å². The fraction of sp³-hybridized carbons (Fsp3) is 0.538. The molecule has 0 aliphatic rings. The lowest BCUT2D eigenvalue weighted by molar-refractivity contribution is 0.248. The van der Waals surface area contributed by atoms with E-state index in [1.54, 1.807) is 23.4 Å². The molecular formula is C26H41ClN2O4P2. The summed E-state index contributed by atoms with van der Waals surface area (Å²) in [6, 6.07) is 19.3. The number of alkyl halides is 1. The molecule has 0 aromatic heterocycles.